The number of urea groups is 1. The Balaban J connectivity index is 1.94. The van der Waals surface area contributed by atoms with Crippen LogP contribution in [0.5, 0.6) is 5.75 Å². The minimum Gasteiger partial charge on any atom is -0.461 e. The first-order chi connectivity index (χ1) is 10.3. The summed E-state index contributed by atoms with van der Waals surface area (Å²) in [6.07, 6.45) is -3.82. The lowest BCUT2D eigenvalue weighted by atomic mass is 10.3. The summed E-state index contributed by atoms with van der Waals surface area (Å²) in [5, 5.41) is 4.09. The Kier molecular flexibility index (Phi) is 4.39. The lowest BCUT2D eigenvalue weighted by Gasteiger charge is -2.11. The quantitative estimate of drug-likeness (QED) is 0.891. The summed E-state index contributed by atoms with van der Waals surface area (Å²) >= 11 is 0. The number of carbonyl (C=O) groups excluding carboxylic acids is 2. The maximum Gasteiger partial charge on any atom is 0.573 e. The summed E-state index contributed by atoms with van der Waals surface area (Å²) in [4.78, 5) is 23.0. The van der Waals surface area contributed by atoms with Gasteiger partial charge in [0.05, 0.1) is 0 Å². The van der Waals surface area contributed by atoms with Gasteiger partial charge in [0.1, 0.15) is 12.0 Å². The van der Waals surface area contributed by atoms with Crippen LogP contribution in [0.4, 0.5) is 23.7 Å². The molecule has 1 heterocycles. The Morgan fingerprint density at radius 2 is 2.05 bits per heavy atom. The Morgan fingerprint density at radius 3 is 2.68 bits per heavy atom. The highest BCUT2D eigenvalue weighted by Gasteiger charge is 2.31. The number of alkyl halides is 3. The van der Waals surface area contributed by atoms with Crippen molar-refractivity contribution >= 4 is 17.6 Å². The maximum atomic E-state index is 12.1. The van der Waals surface area contributed by atoms with Crippen LogP contribution >= 0.6 is 0 Å². The Bertz CT molecular complexity index is 615. The van der Waals surface area contributed by atoms with Gasteiger partial charge < -0.3 is 19.5 Å². The SMILES string of the molecule is O=C(NC(=O)C1=COCO1)Nc1cccc(OC(F)(F)F)c1. The van der Waals surface area contributed by atoms with Crippen LogP contribution in [0.1, 0.15) is 0 Å². The second kappa shape index (κ2) is 6.24. The number of benzene rings is 1. The average molecular weight is 318 g/mol. The first-order valence-corrected chi connectivity index (χ1v) is 5.76. The minimum absolute atomic E-state index is 0.00428. The highest BCUT2D eigenvalue weighted by molar-refractivity contribution is 6.06. The predicted molar refractivity (Wildman–Crippen MR) is 65.4 cm³/mol. The molecule has 0 unspecified atom stereocenters. The molecule has 118 valence electrons. The molecule has 3 amide bonds. The molecule has 7 nitrogen and oxygen atoms in total. The number of amides is 3. The zero-order valence-corrected chi connectivity index (χ0v) is 10.8. The molecule has 1 aromatic rings. The largest absolute Gasteiger partial charge is 0.573 e. The molecular formula is C12H9F3N2O5. The highest BCUT2D eigenvalue weighted by Crippen LogP contribution is 2.24. The normalized spacial score (nSPS) is 13.5. The van der Waals surface area contributed by atoms with Crippen LogP contribution in [0.3, 0.4) is 0 Å². The fraction of sp³-hybridized carbons (Fsp3) is 0.167. The van der Waals surface area contributed by atoms with E-state index in [1.165, 1.54) is 12.1 Å². The van der Waals surface area contributed by atoms with Crippen molar-refractivity contribution < 1.29 is 37.0 Å². The zero-order valence-electron chi connectivity index (χ0n) is 10.8. The van der Waals surface area contributed by atoms with E-state index in [0.717, 1.165) is 18.4 Å². The molecule has 0 atom stereocenters. The molecule has 22 heavy (non-hydrogen) atoms. The van der Waals surface area contributed by atoms with Crippen LogP contribution in [0, 0.1) is 0 Å². The van der Waals surface area contributed by atoms with Crippen molar-refractivity contribution in [1.82, 2.24) is 5.32 Å². The van der Waals surface area contributed by atoms with Gasteiger partial charge in [-0.3, -0.25) is 10.1 Å². The van der Waals surface area contributed by atoms with E-state index in [2.05, 4.69) is 14.8 Å². The first-order valence-electron chi connectivity index (χ1n) is 5.76. The number of anilines is 1. The molecule has 2 rings (SSSR count). The fourth-order valence-electron chi connectivity index (χ4n) is 1.46. The molecule has 1 aromatic carbocycles. The number of carbonyl (C=O) groups is 2. The van der Waals surface area contributed by atoms with Gasteiger partial charge in [0.25, 0.3) is 5.91 Å². The van der Waals surface area contributed by atoms with Crippen molar-refractivity contribution in [3.8, 4) is 5.75 Å². The minimum atomic E-state index is -4.84. The molecular weight excluding hydrogens is 309 g/mol. The van der Waals surface area contributed by atoms with Crippen LogP contribution in [0.15, 0.2) is 36.3 Å². The van der Waals surface area contributed by atoms with Crippen molar-refractivity contribution in [3.05, 3.63) is 36.3 Å². The van der Waals surface area contributed by atoms with Crippen LogP contribution in [0.25, 0.3) is 0 Å². The third-order valence-electron chi connectivity index (χ3n) is 2.25. The van der Waals surface area contributed by atoms with E-state index in [-0.39, 0.29) is 18.2 Å². The van der Waals surface area contributed by atoms with Gasteiger partial charge in [-0.2, -0.15) is 0 Å². The van der Waals surface area contributed by atoms with Gasteiger partial charge in [0, 0.05) is 11.8 Å². The van der Waals surface area contributed by atoms with Gasteiger partial charge in [-0.15, -0.1) is 13.2 Å². The van der Waals surface area contributed by atoms with E-state index in [0.29, 0.717) is 0 Å². The van der Waals surface area contributed by atoms with Crippen molar-refractivity contribution in [2.45, 2.75) is 6.36 Å². The Hall–Kier alpha value is -2.91. The molecule has 0 aliphatic carbocycles. The number of ether oxygens (including phenoxy) is 3. The van der Waals surface area contributed by atoms with Crippen molar-refractivity contribution in [2.75, 3.05) is 12.1 Å². The first kappa shape index (κ1) is 15.5. The van der Waals surface area contributed by atoms with Crippen LogP contribution < -0.4 is 15.4 Å². The summed E-state index contributed by atoms with van der Waals surface area (Å²) in [5.74, 6) is -1.55. The average Bonchev–Trinajstić information content (AvgIpc) is 2.90. The molecule has 0 aromatic heterocycles. The summed E-state index contributed by atoms with van der Waals surface area (Å²) in [6, 6.07) is 3.63. The van der Waals surface area contributed by atoms with Crippen LogP contribution in [0.2, 0.25) is 0 Å². The monoisotopic (exact) mass is 318 g/mol. The standard InChI is InChI=1S/C12H9F3N2O5/c13-12(14,15)22-8-3-1-2-7(4-8)16-11(19)17-10(18)9-5-20-6-21-9/h1-5H,6H2,(H2,16,17,18,19). The predicted octanol–water partition coefficient (Wildman–Crippen LogP) is 2.08. The van der Waals surface area contributed by atoms with E-state index in [9.17, 15) is 22.8 Å². The number of halogens is 3. The third kappa shape index (κ3) is 4.58. The van der Waals surface area contributed by atoms with Gasteiger partial charge in [-0.05, 0) is 12.1 Å². The van der Waals surface area contributed by atoms with Crippen LogP contribution in [-0.2, 0) is 14.3 Å². The molecule has 10 heteroatoms. The lowest BCUT2D eigenvalue weighted by Crippen LogP contribution is -2.35. The van der Waals surface area contributed by atoms with E-state index >= 15 is 0 Å². The molecule has 0 bridgehead atoms. The molecule has 1 aliphatic heterocycles. The maximum absolute atomic E-state index is 12.1. The number of hydrogen-bond acceptors (Lipinski definition) is 5. The number of nitrogens with one attached hydrogen (secondary N) is 2. The zero-order chi connectivity index (χ0) is 16.2. The molecule has 0 spiro atoms. The fourth-order valence-corrected chi connectivity index (χ4v) is 1.46. The molecule has 0 saturated heterocycles. The molecule has 0 saturated carbocycles. The number of hydrogen-bond donors (Lipinski definition) is 2. The second-order valence-electron chi connectivity index (χ2n) is 3.89. The molecule has 0 fully saturated rings. The molecule has 2 N–H and O–H groups in total. The summed E-state index contributed by atoms with van der Waals surface area (Å²) in [5.41, 5.74) is 0.00428. The van der Waals surface area contributed by atoms with Gasteiger partial charge in [0.2, 0.25) is 12.6 Å². The van der Waals surface area contributed by atoms with Gasteiger partial charge in [-0.1, -0.05) is 6.07 Å². The molecule has 0 radical (unpaired) electrons. The van der Waals surface area contributed by atoms with E-state index in [4.69, 9.17) is 4.74 Å². The van der Waals surface area contributed by atoms with Crippen molar-refractivity contribution in [1.29, 1.82) is 0 Å². The summed E-state index contributed by atoms with van der Waals surface area (Å²) < 4.78 is 49.3. The smallest absolute Gasteiger partial charge is 0.461 e. The van der Waals surface area contributed by atoms with E-state index in [1.807, 2.05) is 5.32 Å². The third-order valence-corrected chi connectivity index (χ3v) is 2.25. The van der Waals surface area contributed by atoms with E-state index < -0.39 is 24.1 Å². The van der Waals surface area contributed by atoms with Gasteiger partial charge in [0.15, 0.2) is 0 Å². The second-order valence-corrected chi connectivity index (χ2v) is 3.89. The number of imide groups is 1. The number of rotatable bonds is 3. The topological polar surface area (TPSA) is 85.9 Å². The Labute approximate surface area is 121 Å². The lowest BCUT2D eigenvalue weighted by molar-refractivity contribution is -0.274. The van der Waals surface area contributed by atoms with Crippen LogP contribution in [-0.4, -0.2) is 25.1 Å². The van der Waals surface area contributed by atoms with Gasteiger partial charge >= 0.3 is 12.4 Å². The van der Waals surface area contributed by atoms with Crippen molar-refractivity contribution in [2.24, 2.45) is 0 Å². The molecule has 1 aliphatic rings. The Morgan fingerprint density at radius 1 is 1.27 bits per heavy atom. The van der Waals surface area contributed by atoms with Gasteiger partial charge in [-0.25, -0.2) is 4.79 Å². The van der Waals surface area contributed by atoms with E-state index in [1.54, 1.807) is 0 Å². The summed E-state index contributed by atoms with van der Waals surface area (Å²) in [6.45, 7) is -0.138. The summed E-state index contributed by atoms with van der Waals surface area (Å²) in [7, 11) is 0. The van der Waals surface area contributed by atoms with Crippen molar-refractivity contribution in [3.63, 3.8) is 0 Å². The highest BCUT2D eigenvalue weighted by atomic mass is 19.4.